The van der Waals surface area contributed by atoms with Crippen molar-refractivity contribution in [2.24, 2.45) is 11.8 Å². The first kappa shape index (κ1) is 22.7. The minimum absolute atomic E-state index is 0.0319. The lowest BCUT2D eigenvalue weighted by molar-refractivity contribution is -0.146. The van der Waals surface area contributed by atoms with Gasteiger partial charge < -0.3 is 19.4 Å². The summed E-state index contributed by atoms with van der Waals surface area (Å²) in [5.41, 5.74) is 1.61. The van der Waals surface area contributed by atoms with E-state index in [2.05, 4.69) is 46.9 Å². The number of rotatable bonds is 12. The van der Waals surface area contributed by atoms with Crippen LogP contribution in [0.4, 0.5) is 11.6 Å². The second-order valence-corrected chi connectivity index (χ2v) is 7.82. The van der Waals surface area contributed by atoms with Crippen LogP contribution in [-0.2, 0) is 27.4 Å². The predicted molar refractivity (Wildman–Crippen MR) is 119 cm³/mol. The normalized spacial score (nSPS) is 12.4. The summed E-state index contributed by atoms with van der Waals surface area (Å²) in [7, 11) is 0. The van der Waals surface area contributed by atoms with E-state index in [9.17, 15) is 4.79 Å². The Morgan fingerprint density at radius 3 is 2.81 bits per heavy atom. The number of carbonyl (C=O) groups excluding carboxylic acids is 1. The third-order valence-electron chi connectivity index (χ3n) is 5.28. The monoisotopic (exact) mass is 428 g/mol. The maximum absolute atomic E-state index is 11.9. The Bertz CT molecular complexity index is 981. The van der Waals surface area contributed by atoms with E-state index in [0.717, 1.165) is 24.0 Å². The molecule has 0 aromatic carbocycles. The van der Waals surface area contributed by atoms with Crippen molar-refractivity contribution in [2.75, 3.05) is 25.1 Å². The van der Waals surface area contributed by atoms with Gasteiger partial charge in [0.1, 0.15) is 18.8 Å². The van der Waals surface area contributed by atoms with Gasteiger partial charge in [-0.25, -0.2) is 4.98 Å². The molecule has 3 aromatic heterocycles. The van der Waals surface area contributed by atoms with Crippen molar-refractivity contribution >= 4 is 28.6 Å². The molecule has 3 aromatic rings. The van der Waals surface area contributed by atoms with Crippen LogP contribution in [0.1, 0.15) is 34.1 Å². The van der Waals surface area contributed by atoms with Crippen LogP contribution in [0.2, 0.25) is 0 Å². The fourth-order valence-corrected chi connectivity index (χ4v) is 3.42. The van der Waals surface area contributed by atoms with Crippen LogP contribution in [0.5, 0.6) is 0 Å². The van der Waals surface area contributed by atoms with Crippen LogP contribution in [0.25, 0.3) is 11.0 Å². The molecule has 0 radical (unpaired) electrons. The highest BCUT2D eigenvalue weighted by molar-refractivity contribution is 5.76. The molecule has 0 aliphatic heterocycles. The molecule has 1 atom stereocenters. The van der Waals surface area contributed by atoms with Crippen molar-refractivity contribution in [1.82, 2.24) is 24.3 Å². The molecule has 0 saturated heterocycles. The Morgan fingerprint density at radius 1 is 1.23 bits per heavy atom. The molecule has 0 bridgehead atoms. The first-order valence-electron chi connectivity index (χ1n) is 10.8. The molecule has 1 unspecified atom stereocenters. The van der Waals surface area contributed by atoms with Gasteiger partial charge in [0.2, 0.25) is 5.95 Å². The largest absolute Gasteiger partial charge is 0.462 e. The number of aromatic nitrogens is 5. The van der Waals surface area contributed by atoms with Crippen LogP contribution >= 0.6 is 0 Å². The number of hydrogen-bond donors (Lipinski definition) is 1. The zero-order chi connectivity index (χ0) is 22.2. The summed E-state index contributed by atoms with van der Waals surface area (Å²) in [6.07, 6.45) is 8.37. The lowest BCUT2D eigenvalue weighted by Crippen LogP contribution is -2.16. The van der Waals surface area contributed by atoms with Crippen LogP contribution in [0.15, 0.2) is 30.9 Å². The van der Waals surface area contributed by atoms with Gasteiger partial charge in [-0.2, -0.15) is 10.1 Å². The summed E-state index contributed by atoms with van der Waals surface area (Å²) in [4.78, 5) is 21.0. The third-order valence-corrected chi connectivity index (χ3v) is 5.28. The highest BCUT2D eigenvalue weighted by atomic mass is 16.6. The highest BCUT2D eigenvalue weighted by Crippen LogP contribution is 2.22. The molecule has 9 heteroatoms. The minimum Gasteiger partial charge on any atom is -0.462 e. The second-order valence-electron chi connectivity index (χ2n) is 7.82. The molecule has 0 amide bonds. The van der Waals surface area contributed by atoms with E-state index in [1.54, 1.807) is 12.4 Å². The number of carbonyl (C=O) groups is 1. The summed E-state index contributed by atoms with van der Waals surface area (Å²) in [5, 5.41) is 8.37. The summed E-state index contributed by atoms with van der Waals surface area (Å²) >= 11 is 0. The molecule has 3 heterocycles. The molecule has 1 N–H and O–H groups in total. The highest BCUT2D eigenvalue weighted by Gasteiger charge is 2.14. The molecule has 168 valence electrons. The summed E-state index contributed by atoms with van der Waals surface area (Å²) < 4.78 is 14.0. The summed E-state index contributed by atoms with van der Waals surface area (Å²) in [6.45, 7) is 10.8. The molecule has 31 heavy (non-hydrogen) atoms. The van der Waals surface area contributed by atoms with E-state index in [0.29, 0.717) is 36.7 Å². The Balaban J connectivity index is 1.63. The van der Waals surface area contributed by atoms with Crippen molar-refractivity contribution < 1.29 is 14.3 Å². The molecular weight excluding hydrogens is 396 g/mol. The zero-order valence-corrected chi connectivity index (χ0v) is 18.7. The van der Waals surface area contributed by atoms with E-state index < -0.39 is 0 Å². The van der Waals surface area contributed by atoms with Gasteiger partial charge in [0.05, 0.1) is 18.5 Å². The summed E-state index contributed by atoms with van der Waals surface area (Å²) in [5.74, 6) is 1.33. The van der Waals surface area contributed by atoms with Crippen molar-refractivity contribution in [3.05, 3.63) is 30.9 Å². The first-order chi connectivity index (χ1) is 15.0. The number of nitrogens with one attached hydrogen (secondary N) is 1. The molecule has 3 rings (SSSR count). The van der Waals surface area contributed by atoms with Crippen LogP contribution in [0, 0.1) is 11.8 Å². The van der Waals surface area contributed by atoms with E-state index in [-0.39, 0.29) is 19.1 Å². The van der Waals surface area contributed by atoms with Gasteiger partial charge in [-0.15, -0.1) is 0 Å². The molecular formula is C22H32N6O3. The van der Waals surface area contributed by atoms with Gasteiger partial charge in [-0.3, -0.25) is 9.48 Å². The molecule has 0 saturated carbocycles. The molecule has 9 nitrogen and oxygen atoms in total. The SMILES string of the molecule is CCOCCOC(=O)Cn1cc(Nc2ncc3ccn(CC(CC)C(C)C)c3n2)cn1. The van der Waals surface area contributed by atoms with Gasteiger partial charge >= 0.3 is 5.97 Å². The number of anilines is 2. The second kappa shape index (κ2) is 10.9. The first-order valence-corrected chi connectivity index (χ1v) is 10.8. The van der Waals surface area contributed by atoms with Gasteiger partial charge in [0, 0.05) is 37.1 Å². The number of fused-ring (bicyclic) bond motifs is 1. The fraction of sp³-hybridized carbons (Fsp3) is 0.545. The number of hydrogen-bond acceptors (Lipinski definition) is 7. The Morgan fingerprint density at radius 2 is 2.06 bits per heavy atom. The number of esters is 1. The van der Waals surface area contributed by atoms with Crippen LogP contribution in [0.3, 0.4) is 0 Å². The van der Waals surface area contributed by atoms with Crippen molar-refractivity contribution in [2.45, 2.75) is 47.2 Å². The topological polar surface area (TPSA) is 96.1 Å². The predicted octanol–water partition coefficient (Wildman–Crippen LogP) is 3.63. The number of nitrogens with zero attached hydrogens (tertiary/aromatic N) is 5. The van der Waals surface area contributed by atoms with Gasteiger partial charge in [0.15, 0.2) is 0 Å². The molecule has 0 spiro atoms. The average molecular weight is 429 g/mol. The average Bonchev–Trinajstić information content (AvgIpc) is 3.35. The van der Waals surface area contributed by atoms with Crippen LogP contribution in [-0.4, -0.2) is 50.1 Å². The minimum atomic E-state index is -0.361. The molecule has 0 aliphatic carbocycles. The van der Waals surface area contributed by atoms with E-state index in [4.69, 9.17) is 14.5 Å². The van der Waals surface area contributed by atoms with Crippen molar-refractivity contribution in [3.8, 4) is 0 Å². The van der Waals surface area contributed by atoms with Gasteiger partial charge in [-0.05, 0) is 24.8 Å². The molecule has 0 fully saturated rings. The lowest BCUT2D eigenvalue weighted by Gasteiger charge is -2.20. The fourth-order valence-electron chi connectivity index (χ4n) is 3.42. The molecule has 0 aliphatic rings. The Kier molecular flexibility index (Phi) is 8.00. The standard InChI is InChI=1S/C22H32N6O3/c1-5-17(16(3)4)13-27-8-7-18-11-23-22(26-21(18)27)25-19-12-24-28(14-19)15-20(29)31-10-9-30-6-2/h7-8,11-12,14,16-17H,5-6,9-10,13,15H2,1-4H3,(H,23,25,26). The van der Waals surface area contributed by atoms with Gasteiger partial charge in [0.25, 0.3) is 0 Å². The Hall–Kier alpha value is -2.94. The van der Waals surface area contributed by atoms with Gasteiger partial charge in [-0.1, -0.05) is 27.2 Å². The Labute approximate surface area is 182 Å². The van der Waals surface area contributed by atoms with E-state index in [1.807, 2.05) is 19.2 Å². The maximum atomic E-state index is 11.9. The van der Waals surface area contributed by atoms with Crippen molar-refractivity contribution in [3.63, 3.8) is 0 Å². The maximum Gasteiger partial charge on any atom is 0.327 e. The zero-order valence-electron chi connectivity index (χ0n) is 18.7. The smallest absolute Gasteiger partial charge is 0.327 e. The summed E-state index contributed by atoms with van der Waals surface area (Å²) in [6, 6.07) is 2.04. The number of ether oxygens (including phenoxy) is 2. The van der Waals surface area contributed by atoms with E-state index in [1.165, 1.54) is 4.68 Å². The quantitative estimate of drug-likeness (QED) is 0.347. The van der Waals surface area contributed by atoms with E-state index >= 15 is 0 Å². The lowest BCUT2D eigenvalue weighted by atomic mass is 9.93. The third kappa shape index (κ3) is 6.27. The van der Waals surface area contributed by atoms with Crippen molar-refractivity contribution in [1.29, 1.82) is 0 Å². The van der Waals surface area contributed by atoms with Crippen LogP contribution < -0.4 is 5.32 Å².